The zero-order valence-electron chi connectivity index (χ0n) is 14.8. The molecule has 0 unspecified atom stereocenters. The van der Waals surface area contributed by atoms with E-state index in [0.717, 1.165) is 11.6 Å². The van der Waals surface area contributed by atoms with Crippen molar-refractivity contribution in [3.05, 3.63) is 70.3 Å². The summed E-state index contributed by atoms with van der Waals surface area (Å²) < 4.78 is 23.6. The van der Waals surface area contributed by atoms with Crippen LogP contribution in [0.25, 0.3) is 0 Å². The molecule has 0 radical (unpaired) electrons. The van der Waals surface area contributed by atoms with Crippen LogP contribution in [0.15, 0.2) is 52.2 Å². The number of nitrogens with one attached hydrogen (secondary N) is 1. The number of aromatic nitrogens is 2. The first-order valence-corrected chi connectivity index (χ1v) is 8.60. The molecular weight excluding hydrogens is 405 g/mol. The van der Waals surface area contributed by atoms with Gasteiger partial charge in [-0.2, -0.15) is 0 Å². The second kappa shape index (κ2) is 9.02. The maximum atomic E-state index is 13.3. The number of nitrogens with two attached hydrogens (primary N) is 1. The van der Waals surface area contributed by atoms with Crippen molar-refractivity contribution in [3.8, 4) is 5.75 Å². The summed E-state index contributed by atoms with van der Waals surface area (Å²) >= 11 is 5.74. The number of nitrogens with zero attached hydrogens (tertiary/aromatic N) is 3. The van der Waals surface area contributed by atoms with Gasteiger partial charge in [-0.05, 0) is 41.1 Å². The summed E-state index contributed by atoms with van der Waals surface area (Å²) in [6.45, 7) is -0.0428. The third-order valence-corrected chi connectivity index (χ3v) is 4.03. The Morgan fingerprint density at radius 1 is 1.28 bits per heavy atom. The Morgan fingerprint density at radius 3 is 2.69 bits per heavy atom. The number of ether oxygens (including phenoxy) is 1. The Balaban J connectivity index is 1.69. The zero-order chi connectivity index (χ0) is 20.8. The zero-order valence-corrected chi connectivity index (χ0v) is 15.6. The molecule has 3 aromatic rings. The summed E-state index contributed by atoms with van der Waals surface area (Å²) in [6, 6.07) is 10.7. The van der Waals surface area contributed by atoms with Gasteiger partial charge in [-0.1, -0.05) is 34.0 Å². The molecule has 0 saturated carbocycles. The number of carbonyl (C=O) groups is 1. The van der Waals surface area contributed by atoms with Crippen LogP contribution in [0.3, 0.4) is 0 Å². The second-order valence-corrected chi connectivity index (χ2v) is 6.24. The maximum absolute atomic E-state index is 13.3. The Labute approximate surface area is 168 Å². The van der Waals surface area contributed by atoms with Gasteiger partial charge in [0, 0.05) is 5.69 Å². The molecule has 1 heterocycles. The summed E-state index contributed by atoms with van der Waals surface area (Å²) in [7, 11) is 0. The van der Waals surface area contributed by atoms with Crippen LogP contribution in [0.2, 0.25) is 5.02 Å². The Bertz CT molecular complexity index is 1040. The molecule has 0 aliphatic heterocycles. The lowest BCUT2D eigenvalue weighted by Crippen LogP contribution is -2.17. The Kier molecular flexibility index (Phi) is 6.25. The third kappa shape index (κ3) is 5.20. The summed E-state index contributed by atoms with van der Waals surface area (Å²) in [4.78, 5) is 10.9. The first kappa shape index (κ1) is 20.1. The van der Waals surface area contributed by atoms with E-state index in [9.17, 15) is 14.4 Å². The SMILES string of the molecule is NC(=O)Cc1ccc(OCc2nonc2C(=NO)Nc2ccc(F)c(Cl)c2)cc1. The largest absolute Gasteiger partial charge is 0.487 e. The van der Waals surface area contributed by atoms with E-state index in [2.05, 4.69) is 20.8 Å². The van der Waals surface area contributed by atoms with E-state index in [0.29, 0.717) is 11.4 Å². The Hall–Kier alpha value is -3.66. The summed E-state index contributed by atoms with van der Waals surface area (Å²) in [5.41, 5.74) is 6.62. The first-order chi connectivity index (χ1) is 14.0. The molecule has 3 rings (SSSR count). The molecule has 9 nitrogen and oxygen atoms in total. The van der Waals surface area contributed by atoms with Gasteiger partial charge in [-0.25, -0.2) is 9.02 Å². The molecule has 0 aliphatic carbocycles. The molecule has 150 valence electrons. The maximum Gasteiger partial charge on any atom is 0.221 e. The molecule has 0 fully saturated rings. The van der Waals surface area contributed by atoms with Crippen LogP contribution in [-0.2, 0) is 17.8 Å². The van der Waals surface area contributed by atoms with E-state index in [1.165, 1.54) is 12.1 Å². The lowest BCUT2D eigenvalue weighted by molar-refractivity contribution is -0.117. The first-order valence-electron chi connectivity index (χ1n) is 8.22. The van der Waals surface area contributed by atoms with Gasteiger partial charge in [-0.15, -0.1) is 0 Å². The van der Waals surface area contributed by atoms with Gasteiger partial charge in [-0.3, -0.25) is 4.79 Å². The second-order valence-electron chi connectivity index (χ2n) is 5.84. The summed E-state index contributed by atoms with van der Waals surface area (Å²) in [5, 5.41) is 22.6. The topological polar surface area (TPSA) is 136 Å². The summed E-state index contributed by atoms with van der Waals surface area (Å²) in [6.07, 6.45) is 0.132. The van der Waals surface area contributed by atoms with Crippen LogP contribution >= 0.6 is 11.6 Å². The number of oxime groups is 1. The van der Waals surface area contributed by atoms with Gasteiger partial charge in [0.25, 0.3) is 0 Å². The van der Waals surface area contributed by atoms with Crippen molar-refractivity contribution in [3.63, 3.8) is 0 Å². The Morgan fingerprint density at radius 2 is 2.03 bits per heavy atom. The van der Waals surface area contributed by atoms with Gasteiger partial charge in [0.05, 0.1) is 11.4 Å². The molecule has 0 atom stereocenters. The van der Waals surface area contributed by atoms with E-state index in [4.69, 9.17) is 26.7 Å². The molecule has 11 heteroatoms. The fourth-order valence-corrected chi connectivity index (χ4v) is 2.56. The standard InChI is InChI=1S/C18H15ClFN5O4/c19-13-8-11(3-6-14(13)20)22-18(23-27)17-15(24-29-25-17)9-28-12-4-1-10(2-5-12)7-16(21)26/h1-6,8,27H,7,9H2,(H2,21,26)(H,22,23). The number of anilines is 1. The van der Waals surface area contributed by atoms with Crippen molar-refractivity contribution in [2.75, 3.05) is 5.32 Å². The predicted octanol–water partition coefficient (Wildman–Crippen LogP) is 2.72. The highest BCUT2D eigenvalue weighted by molar-refractivity contribution is 6.31. The fraction of sp³-hybridized carbons (Fsp3) is 0.111. The molecule has 0 aliphatic rings. The minimum absolute atomic E-state index is 0.0428. The van der Waals surface area contributed by atoms with Crippen molar-refractivity contribution in [2.24, 2.45) is 10.9 Å². The molecule has 0 spiro atoms. The van der Waals surface area contributed by atoms with Gasteiger partial charge in [0.15, 0.2) is 11.4 Å². The number of halogens is 2. The number of rotatable bonds is 7. The molecule has 1 amide bonds. The average Bonchev–Trinajstić information content (AvgIpc) is 3.16. The lowest BCUT2D eigenvalue weighted by atomic mass is 10.1. The van der Waals surface area contributed by atoms with E-state index < -0.39 is 11.7 Å². The quantitative estimate of drug-likeness (QED) is 0.232. The molecule has 2 aromatic carbocycles. The van der Waals surface area contributed by atoms with Crippen LogP contribution in [-0.4, -0.2) is 27.3 Å². The monoisotopic (exact) mass is 419 g/mol. The third-order valence-electron chi connectivity index (χ3n) is 3.74. The highest BCUT2D eigenvalue weighted by Gasteiger charge is 2.18. The number of amidine groups is 1. The number of carbonyl (C=O) groups excluding carboxylic acids is 1. The molecule has 29 heavy (non-hydrogen) atoms. The summed E-state index contributed by atoms with van der Waals surface area (Å²) in [5.74, 6) is -0.598. The normalized spacial score (nSPS) is 11.3. The van der Waals surface area contributed by atoms with Crippen LogP contribution < -0.4 is 15.8 Å². The van der Waals surface area contributed by atoms with E-state index in [1.54, 1.807) is 24.3 Å². The van der Waals surface area contributed by atoms with Crippen molar-refractivity contribution < 1.29 is 23.8 Å². The number of primary amides is 1. The van der Waals surface area contributed by atoms with Crippen LogP contribution in [0.4, 0.5) is 10.1 Å². The van der Waals surface area contributed by atoms with Crippen LogP contribution in [0, 0.1) is 5.82 Å². The average molecular weight is 420 g/mol. The van der Waals surface area contributed by atoms with Gasteiger partial charge >= 0.3 is 0 Å². The number of hydrogen-bond donors (Lipinski definition) is 3. The fourth-order valence-electron chi connectivity index (χ4n) is 2.38. The number of benzene rings is 2. The highest BCUT2D eigenvalue weighted by Crippen LogP contribution is 2.21. The van der Waals surface area contributed by atoms with Crippen LogP contribution in [0.1, 0.15) is 17.0 Å². The number of hydrogen-bond acceptors (Lipinski definition) is 7. The van der Waals surface area contributed by atoms with Gasteiger partial charge in [0.1, 0.15) is 18.2 Å². The van der Waals surface area contributed by atoms with Crippen molar-refractivity contribution in [1.82, 2.24) is 10.3 Å². The minimum atomic E-state index is -0.584. The van der Waals surface area contributed by atoms with Gasteiger partial charge < -0.3 is 21.0 Å². The lowest BCUT2D eigenvalue weighted by Gasteiger charge is -2.08. The predicted molar refractivity (Wildman–Crippen MR) is 101 cm³/mol. The van der Waals surface area contributed by atoms with Crippen molar-refractivity contribution in [1.29, 1.82) is 0 Å². The molecule has 1 aromatic heterocycles. The van der Waals surface area contributed by atoms with E-state index in [-0.39, 0.29) is 35.3 Å². The minimum Gasteiger partial charge on any atom is -0.487 e. The molecule has 0 saturated heterocycles. The molecular formula is C18H15ClFN5O4. The highest BCUT2D eigenvalue weighted by atomic mass is 35.5. The molecule has 0 bridgehead atoms. The van der Waals surface area contributed by atoms with Crippen molar-refractivity contribution in [2.45, 2.75) is 13.0 Å². The van der Waals surface area contributed by atoms with Crippen molar-refractivity contribution >= 4 is 29.0 Å². The smallest absolute Gasteiger partial charge is 0.221 e. The molecule has 4 N–H and O–H groups in total. The van der Waals surface area contributed by atoms with E-state index >= 15 is 0 Å². The number of amides is 1. The van der Waals surface area contributed by atoms with Gasteiger partial charge in [0.2, 0.25) is 11.7 Å². The van der Waals surface area contributed by atoms with Crippen LogP contribution in [0.5, 0.6) is 5.75 Å². The van der Waals surface area contributed by atoms with E-state index in [1.807, 2.05) is 0 Å².